The number of nitrogens with zero attached hydrogens (tertiary/aromatic N) is 2. The summed E-state index contributed by atoms with van der Waals surface area (Å²) in [7, 11) is -3.38. The lowest BCUT2D eigenvalue weighted by molar-refractivity contribution is -0.145. The fourth-order valence-corrected chi connectivity index (χ4v) is 8.48. The fourth-order valence-electron chi connectivity index (χ4n) is 6.94. The van der Waals surface area contributed by atoms with Crippen LogP contribution in [0.3, 0.4) is 0 Å². The molecule has 2 aliphatic heterocycles. The number of urea groups is 1. The van der Waals surface area contributed by atoms with Gasteiger partial charge >= 0.3 is 6.03 Å². The van der Waals surface area contributed by atoms with E-state index in [4.69, 9.17) is 5.73 Å². The third kappa shape index (κ3) is 7.64. The second kappa shape index (κ2) is 12.1. The molecule has 0 aromatic carbocycles. The number of primary amides is 1. The maximum absolute atomic E-state index is 14.3. The van der Waals surface area contributed by atoms with E-state index >= 15 is 0 Å². The van der Waals surface area contributed by atoms with Gasteiger partial charge in [-0.25, -0.2) is 13.2 Å². The first-order valence-electron chi connectivity index (χ1n) is 16.0. The number of amides is 5. The van der Waals surface area contributed by atoms with Gasteiger partial charge in [-0.1, -0.05) is 68.2 Å². The lowest BCUT2D eigenvalue weighted by Crippen LogP contribution is -2.62. The van der Waals surface area contributed by atoms with Crippen molar-refractivity contribution >= 4 is 39.6 Å². The zero-order valence-corrected chi connectivity index (χ0v) is 28.8. The van der Waals surface area contributed by atoms with Gasteiger partial charge in [-0.05, 0) is 46.8 Å². The largest absolute Gasteiger partial charge is 0.363 e. The number of piperidine rings is 1. The Morgan fingerprint density at radius 1 is 0.956 bits per heavy atom. The van der Waals surface area contributed by atoms with Crippen LogP contribution in [0.1, 0.15) is 81.1 Å². The molecule has 0 spiro atoms. The Morgan fingerprint density at radius 3 is 2.07 bits per heavy atom. The Kier molecular flexibility index (Phi) is 9.46. The van der Waals surface area contributed by atoms with E-state index in [1.54, 1.807) is 0 Å². The number of Topliss-reactive ketones (excluding diaryl/α,β-unsaturated/α-hetero) is 1. The van der Waals surface area contributed by atoms with Crippen molar-refractivity contribution in [3.8, 4) is 0 Å². The summed E-state index contributed by atoms with van der Waals surface area (Å²) in [5.41, 5.74) is 3.86. The van der Waals surface area contributed by atoms with Gasteiger partial charge in [-0.15, -0.1) is 0 Å². The molecule has 45 heavy (non-hydrogen) atoms. The maximum atomic E-state index is 14.3. The molecule has 2 saturated carbocycles. The molecule has 5 N–H and O–H groups in total. The Labute approximate surface area is 267 Å². The minimum atomic E-state index is -3.38. The van der Waals surface area contributed by atoms with Crippen LogP contribution in [-0.2, 0) is 29.2 Å². The molecule has 2 aliphatic carbocycles. The van der Waals surface area contributed by atoms with Crippen LogP contribution in [0.15, 0.2) is 0 Å². The minimum Gasteiger partial charge on any atom is -0.363 e. The molecule has 13 nitrogen and oxygen atoms in total. The van der Waals surface area contributed by atoms with Crippen LogP contribution < -0.4 is 21.7 Å². The highest BCUT2D eigenvalue weighted by atomic mass is 32.2. The molecule has 0 aromatic rings. The second-order valence-corrected chi connectivity index (χ2v) is 18.3. The Morgan fingerprint density at radius 2 is 1.58 bits per heavy atom. The van der Waals surface area contributed by atoms with Crippen molar-refractivity contribution in [2.75, 3.05) is 25.4 Å². The first kappa shape index (κ1) is 35.1. The predicted octanol–water partition coefficient (Wildman–Crippen LogP) is 0.973. The summed E-state index contributed by atoms with van der Waals surface area (Å²) in [5, 5.41) is 8.52. The summed E-state index contributed by atoms with van der Waals surface area (Å²) in [5.74, 6) is -2.64. The molecule has 2 saturated heterocycles. The van der Waals surface area contributed by atoms with Crippen LogP contribution in [0.25, 0.3) is 0 Å². The molecule has 2 unspecified atom stereocenters. The van der Waals surface area contributed by atoms with E-state index in [2.05, 4.69) is 16.0 Å². The van der Waals surface area contributed by atoms with Gasteiger partial charge in [0.2, 0.25) is 27.6 Å². The number of fused-ring (bicyclic) bond motifs is 1. The Balaban J connectivity index is 1.52. The monoisotopic (exact) mass is 652 g/mol. The quantitative estimate of drug-likeness (QED) is 0.239. The number of nitrogens with one attached hydrogen (secondary N) is 3. The summed E-state index contributed by atoms with van der Waals surface area (Å²) < 4.78 is 26.4. The molecule has 4 rings (SSSR count). The first-order valence-corrected chi connectivity index (χ1v) is 17.7. The third-order valence-electron chi connectivity index (χ3n) is 10.2. The van der Waals surface area contributed by atoms with Crippen molar-refractivity contribution in [2.45, 2.75) is 105 Å². The van der Waals surface area contributed by atoms with Crippen LogP contribution in [0.5, 0.6) is 0 Å². The molecule has 4 fully saturated rings. The smallest absolute Gasteiger partial charge is 0.315 e. The van der Waals surface area contributed by atoms with Crippen molar-refractivity contribution in [1.29, 1.82) is 0 Å². The van der Waals surface area contributed by atoms with Crippen LogP contribution in [0.2, 0.25) is 0 Å². The number of nitrogens with two attached hydrogens (primary N) is 1. The van der Waals surface area contributed by atoms with Gasteiger partial charge in [0.05, 0.1) is 11.8 Å². The molecule has 2 heterocycles. The molecule has 254 valence electrons. The van der Waals surface area contributed by atoms with Gasteiger partial charge in [0.15, 0.2) is 0 Å². The Bertz CT molecular complexity index is 1330. The van der Waals surface area contributed by atoms with E-state index in [0.29, 0.717) is 25.9 Å². The molecular weight excluding hydrogens is 600 g/mol. The summed E-state index contributed by atoms with van der Waals surface area (Å²) in [6.07, 6.45) is 2.68. The molecule has 14 heteroatoms. The summed E-state index contributed by atoms with van der Waals surface area (Å²) >= 11 is 0. The van der Waals surface area contributed by atoms with Gasteiger partial charge in [0.25, 0.3) is 5.91 Å². The van der Waals surface area contributed by atoms with Crippen LogP contribution in [-0.4, -0.2) is 96.7 Å². The van der Waals surface area contributed by atoms with E-state index in [9.17, 15) is 32.4 Å². The average Bonchev–Trinajstić information content (AvgIpc) is 3.69. The van der Waals surface area contributed by atoms with Crippen molar-refractivity contribution in [1.82, 2.24) is 25.2 Å². The van der Waals surface area contributed by atoms with Crippen LogP contribution >= 0.6 is 0 Å². The molecule has 4 aliphatic rings. The number of hydrogen-bond donors (Lipinski definition) is 4. The molecule has 0 radical (unpaired) electrons. The zero-order chi connectivity index (χ0) is 33.9. The first-order chi connectivity index (χ1) is 20.6. The number of hydrogen-bond acceptors (Lipinski definition) is 7. The number of sulfonamides is 1. The minimum absolute atomic E-state index is 0.0630. The zero-order valence-electron chi connectivity index (χ0n) is 27.9. The number of rotatable bonds is 11. The average molecular weight is 653 g/mol. The van der Waals surface area contributed by atoms with Crippen molar-refractivity contribution in [3.63, 3.8) is 0 Å². The van der Waals surface area contributed by atoms with E-state index in [0.717, 1.165) is 12.8 Å². The fraction of sp³-hybridized carbons (Fsp3) is 0.839. The lowest BCUT2D eigenvalue weighted by atomic mass is 9.85. The molecule has 6 atom stereocenters. The third-order valence-corrected chi connectivity index (χ3v) is 12.2. The van der Waals surface area contributed by atoms with Gasteiger partial charge in [-0.2, -0.15) is 4.31 Å². The lowest BCUT2D eigenvalue weighted by Gasteiger charge is -2.39. The topological polar surface area (TPSA) is 188 Å². The SMILES string of the molecule is CC(C)(C)[C@H](NC(=O)N[C@H](CN1CCCS1(=O)=O)C(C)(C)C)C(=O)N1C[C@H]2[C@@H](C1C(=O)NC(CC1CC1)C(=O)C(N)=O)C2(C)C. The van der Waals surface area contributed by atoms with Gasteiger partial charge in [0.1, 0.15) is 12.1 Å². The van der Waals surface area contributed by atoms with Crippen molar-refractivity contribution < 1.29 is 32.4 Å². The highest BCUT2D eigenvalue weighted by Crippen LogP contribution is 2.65. The number of ketones is 1. The van der Waals surface area contributed by atoms with Crippen molar-refractivity contribution in [2.24, 2.45) is 39.7 Å². The van der Waals surface area contributed by atoms with E-state index in [-0.39, 0.29) is 35.5 Å². The van der Waals surface area contributed by atoms with E-state index < -0.39 is 74.6 Å². The van der Waals surface area contributed by atoms with Gasteiger partial charge in [-0.3, -0.25) is 19.2 Å². The van der Waals surface area contributed by atoms with Crippen LogP contribution in [0, 0.1) is 34.0 Å². The molecule has 5 amide bonds. The summed E-state index contributed by atoms with van der Waals surface area (Å²) in [4.78, 5) is 67.4. The van der Waals surface area contributed by atoms with E-state index in [1.807, 2.05) is 55.4 Å². The molecule has 0 bridgehead atoms. The normalized spacial score (nSPS) is 27.6. The van der Waals surface area contributed by atoms with Crippen LogP contribution in [0.4, 0.5) is 4.79 Å². The molecular formula is C31H52N6O7S. The highest BCUT2D eigenvalue weighted by Gasteiger charge is 2.70. The number of likely N-dealkylation sites (tertiary alicyclic amines) is 1. The number of carbonyl (C=O) groups is 5. The maximum Gasteiger partial charge on any atom is 0.315 e. The summed E-state index contributed by atoms with van der Waals surface area (Å²) in [6.45, 7) is 16.1. The van der Waals surface area contributed by atoms with E-state index in [1.165, 1.54) is 9.21 Å². The Hall–Kier alpha value is -2.74. The number of carbonyl (C=O) groups excluding carboxylic acids is 5. The second-order valence-electron chi connectivity index (χ2n) is 16.2. The van der Waals surface area contributed by atoms with Gasteiger partial charge < -0.3 is 26.6 Å². The highest BCUT2D eigenvalue weighted by molar-refractivity contribution is 7.89. The standard InChI is InChI=1S/C31H52N6O7S/c1-29(2,3)20(16-36-12-9-13-45(36,43)44)34-28(42)35-24(30(4,5)6)27(41)37-15-18-21(31(18,7)8)22(37)26(40)33-19(14-17-10-11-17)23(38)25(32)39/h17-22,24H,9-16H2,1-8H3,(H2,32,39)(H,33,40)(H2,34,35,42)/t18-,19?,20+,21-,22?,24+/m0/s1. The molecule has 0 aromatic heterocycles. The summed E-state index contributed by atoms with van der Waals surface area (Å²) in [6, 6.07) is -4.08. The van der Waals surface area contributed by atoms with Gasteiger partial charge in [0, 0.05) is 25.7 Å². The van der Waals surface area contributed by atoms with Crippen molar-refractivity contribution in [3.05, 3.63) is 0 Å². The predicted molar refractivity (Wildman–Crippen MR) is 168 cm³/mol.